The van der Waals surface area contributed by atoms with E-state index in [1.807, 2.05) is 49.5 Å². The van der Waals surface area contributed by atoms with Gasteiger partial charge in [0.1, 0.15) is 0 Å². The van der Waals surface area contributed by atoms with Gasteiger partial charge in [-0.25, -0.2) is 13.4 Å². The highest BCUT2D eigenvalue weighted by Crippen LogP contribution is 2.23. The molecule has 0 bridgehead atoms. The van der Waals surface area contributed by atoms with E-state index in [0.29, 0.717) is 30.5 Å². The Hall–Kier alpha value is -2.42. The van der Waals surface area contributed by atoms with Crippen molar-refractivity contribution in [3.8, 4) is 0 Å². The zero-order valence-electron chi connectivity index (χ0n) is 16.6. The minimum atomic E-state index is -2.94. The normalized spacial score (nSPS) is 17.7. The molecule has 1 atom stereocenters. The fourth-order valence-electron chi connectivity index (χ4n) is 3.66. The zero-order valence-corrected chi connectivity index (χ0v) is 18.2. The highest BCUT2D eigenvalue weighted by Gasteiger charge is 2.25. The first-order valence-corrected chi connectivity index (χ1v) is 12.0. The van der Waals surface area contributed by atoms with Crippen LogP contribution in [-0.4, -0.2) is 53.2 Å². The van der Waals surface area contributed by atoms with Crippen LogP contribution in [0.1, 0.15) is 34.8 Å². The van der Waals surface area contributed by atoms with E-state index in [-0.39, 0.29) is 23.5 Å². The van der Waals surface area contributed by atoms with E-state index >= 15 is 0 Å². The molecule has 158 valence electrons. The lowest BCUT2D eigenvalue weighted by Gasteiger charge is -2.25. The monoisotopic (exact) mass is 446 g/mol. The largest absolute Gasteiger partial charge is 0.343 e. The number of carbonyl (C=O) groups excluding carboxylic acids is 1. The SMILES string of the molecule is CC(NC(=O)c1nc(CN2CCS(=O)(=O)CC2)c2ccccn12)c1ccccc1Cl. The van der Waals surface area contributed by atoms with E-state index in [0.717, 1.165) is 16.8 Å². The summed E-state index contributed by atoms with van der Waals surface area (Å²) in [4.78, 5) is 19.7. The summed E-state index contributed by atoms with van der Waals surface area (Å²) in [5, 5.41) is 3.57. The first-order chi connectivity index (χ1) is 14.3. The van der Waals surface area contributed by atoms with Gasteiger partial charge in [-0.05, 0) is 30.7 Å². The van der Waals surface area contributed by atoms with Crippen molar-refractivity contribution in [2.24, 2.45) is 0 Å². The molecule has 0 aliphatic carbocycles. The molecule has 3 heterocycles. The molecule has 9 heteroatoms. The van der Waals surface area contributed by atoms with Crippen molar-refractivity contribution in [3.05, 3.63) is 70.8 Å². The Bertz CT molecular complexity index is 1180. The van der Waals surface area contributed by atoms with Crippen LogP contribution in [0.3, 0.4) is 0 Å². The topological polar surface area (TPSA) is 83.8 Å². The number of benzene rings is 1. The maximum absolute atomic E-state index is 13.0. The summed E-state index contributed by atoms with van der Waals surface area (Å²) in [6, 6.07) is 12.8. The summed E-state index contributed by atoms with van der Waals surface area (Å²) >= 11 is 6.26. The predicted molar refractivity (Wildman–Crippen MR) is 116 cm³/mol. The summed E-state index contributed by atoms with van der Waals surface area (Å²) in [5.74, 6) is 0.309. The minimum Gasteiger partial charge on any atom is -0.343 e. The third-order valence-corrected chi connectivity index (χ3v) is 7.31. The molecule has 2 aromatic heterocycles. The maximum atomic E-state index is 13.0. The zero-order chi connectivity index (χ0) is 21.3. The number of carbonyl (C=O) groups is 1. The number of hydrogen-bond acceptors (Lipinski definition) is 5. The van der Waals surface area contributed by atoms with Crippen LogP contribution >= 0.6 is 11.6 Å². The molecule has 1 aliphatic heterocycles. The Kier molecular flexibility index (Phi) is 5.81. The molecule has 1 saturated heterocycles. The number of halogens is 1. The average Bonchev–Trinajstić information content (AvgIpc) is 3.08. The average molecular weight is 447 g/mol. The lowest BCUT2D eigenvalue weighted by molar-refractivity contribution is 0.0928. The summed E-state index contributed by atoms with van der Waals surface area (Å²) in [6.07, 6.45) is 1.81. The van der Waals surface area contributed by atoms with E-state index in [4.69, 9.17) is 11.6 Å². The van der Waals surface area contributed by atoms with Crippen molar-refractivity contribution in [2.75, 3.05) is 24.6 Å². The van der Waals surface area contributed by atoms with Gasteiger partial charge in [0.15, 0.2) is 9.84 Å². The van der Waals surface area contributed by atoms with E-state index in [9.17, 15) is 13.2 Å². The second-order valence-corrected chi connectivity index (χ2v) is 10.2. The van der Waals surface area contributed by atoms with Crippen molar-refractivity contribution >= 4 is 32.9 Å². The third-order valence-electron chi connectivity index (χ3n) is 5.36. The van der Waals surface area contributed by atoms with Gasteiger partial charge in [0, 0.05) is 30.9 Å². The van der Waals surface area contributed by atoms with Crippen LogP contribution in [-0.2, 0) is 16.4 Å². The van der Waals surface area contributed by atoms with Crippen LogP contribution in [0, 0.1) is 0 Å². The van der Waals surface area contributed by atoms with Gasteiger partial charge in [-0.15, -0.1) is 0 Å². The van der Waals surface area contributed by atoms with Gasteiger partial charge in [-0.1, -0.05) is 35.9 Å². The van der Waals surface area contributed by atoms with E-state index < -0.39 is 9.84 Å². The van der Waals surface area contributed by atoms with Gasteiger partial charge in [0.05, 0.1) is 28.8 Å². The standard InChI is InChI=1S/C21H23ClN4O3S/c1-15(16-6-2-3-7-17(16)22)23-21(27)20-24-18(19-8-4-5-9-26(19)20)14-25-10-12-30(28,29)13-11-25/h2-9,15H,10-14H2,1H3,(H,23,27). The first-order valence-electron chi connectivity index (χ1n) is 9.78. The molecule has 1 unspecified atom stereocenters. The molecule has 3 aromatic rings. The Morgan fingerprint density at radius 2 is 1.87 bits per heavy atom. The fourth-order valence-corrected chi connectivity index (χ4v) is 5.24. The van der Waals surface area contributed by atoms with Gasteiger partial charge in [0.2, 0.25) is 5.82 Å². The third kappa shape index (κ3) is 4.35. The highest BCUT2D eigenvalue weighted by atomic mass is 35.5. The van der Waals surface area contributed by atoms with Crippen molar-refractivity contribution in [3.63, 3.8) is 0 Å². The number of nitrogens with zero attached hydrogens (tertiary/aromatic N) is 3. The minimum absolute atomic E-state index is 0.154. The number of amides is 1. The Morgan fingerprint density at radius 1 is 1.17 bits per heavy atom. The van der Waals surface area contributed by atoms with Gasteiger partial charge in [-0.3, -0.25) is 14.1 Å². The van der Waals surface area contributed by atoms with Crippen LogP contribution in [0.5, 0.6) is 0 Å². The summed E-state index contributed by atoms with van der Waals surface area (Å²) in [7, 11) is -2.94. The number of aromatic nitrogens is 2. The molecule has 7 nitrogen and oxygen atoms in total. The molecule has 1 aliphatic rings. The molecule has 30 heavy (non-hydrogen) atoms. The Labute approximate surface area is 180 Å². The number of rotatable bonds is 5. The molecule has 1 amide bonds. The molecular weight excluding hydrogens is 424 g/mol. The summed E-state index contributed by atoms with van der Waals surface area (Å²) < 4.78 is 25.1. The number of sulfone groups is 1. The maximum Gasteiger partial charge on any atom is 0.288 e. The van der Waals surface area contributed by atoms with Gasteiger partial charge >= 0.3 is 0 Å². The van der Waals surface area contributed by atoms with E-state index in [1.54, 1.807) is 10.5 Å². The highest BCUT2D eigenvalue weighted by molar-refractivity contribution is 7.91. The van der Waals surface area contributed by atoms with Crippen LogP contribution in [0.15, 0.2) is 48.7 Å². The molecule has 4 rings (SSSR count). The number of nitrogens with one attached hydrogen (secondary N) is 1. The van der Waals surface area contributed by atoms with Crippen molar-refractivity contribution in [1.82, 2.24) is 19.6 Å². The smallest absolute Gasteiger partial charge is 0.288 e. The van der Waals surface area contributed by atoms with Gasteiger partial charge in [0.25, 0.3) is 5.91 Å². The van der Waals surface area contributed by atoms with Gasteiger partial charge < -0.3 is 5.32 Å². The molecule has 0 spiro atoms. The number of pyridine rings is 1. The quantitative estimate of drug-likeness (QED) is 0.651. The van der Waals surface area contributed by atoms with Crippen LogP contribution in [0.4, 0.5) is 0 Å². The number of hydrogen-bond donors (Lipinski definition) is 1. The molecular formula is C21H23ClN4O3S. The van der Waals surface area contributed by atoms with Crippen molar-refractivity contribution < 1.29 is 13.2 Å². The molecule has 1 aromatic carbocycles. The summed E-state index contributed by atoms with van der Waals surface area (Å²) in [5.41, 5.74) is 2.43. The van der Waals surface area contributed by atoms with Crippen molar-refractivity contribution in [2.45, 2.75) is 19.5 Å². The predicted octanol–water partition coefficient (Wildman–Crippen LogP) is 2.71. The fraction of sp³-hybridized carbons (Fsp3) is 0.333. The molecule has 0 radical (unpaired) electrons. The second kappa shape index (κ2) is 8.37. The van der Waals surface area contributed by atoms with Crippen molar-refractivity contribution in [1.29, 1.82) is 0 Å². The molecule has 0 saturated carbocycles. The van der Waals surface area contributed by atoms with Crippen LogP contribution in [0.2, 0.25) is 5.02 Å². The second-order valence-electron chi connectivity index (χ2n) is 7.48. The molecule has 1 N–H and O–H groups in total. The first kappa shape index (κ1) is 20.8. The van der Waals surface area contributed by atoms with Crippen LogP contribution in [0.25, 0.3) is 5.52 Å². The van der Waals surface area contributed by atoms with E-state index in [2.05, 4.69) is 15.2 Å². The molecule has 1 fully saturated rings. The number of imidazole rings is 1. The van der Waals surface area contributed by atoms with E-state index in [1.165, 1.54) is 0 Å². The lowest BCUT2D eigenvalue weighted by atomic mass is 10.1. The lowest BCUT2D eigenvalue weighted by Crippen LogP contribution is -2.39. The Balaban J connectivity index is 1.57. The number of fused-ring (bicyclic) bond motifs is 1. The van der Waals surface area contributed by atoms with Gasteiger partial charge in [-0.2, -0.15) is 0 Å². The van der Waals surface area contributed by atoms with Crippen LogP contribution < -0.4 is 5.32 Å². The summed E-state index contributed by atoms with van der Waals surface area (Å²) in [6.45, 7) is 3.32. The Morgan fingerprint density at radius 3 is 2.60 bits per heavy atom.